The average Bonchev–Trinajstić information content (AvgIpc) is 3.29. The smallest absolute Gasteiger partial charge is 0.280 e. The largest absolute Gasteiger partial charge is 0.497 e. The Morgan fingerprint density at radius 3 is 2.79 bits per heavy atom. The molecule has 29 heavy (non-hydrogen) atoms. The van der Waals surface area contributed by atoms with E-state index in [1.807, 2.05) is 18.2 Å². The van der Waals surface area contributed by atoms with Crippen LogP contribution in [0.4, 0.5) is 10.7 Å². The number of aryl methyl sites for hydroxylation is 1. The number of nitrogens with zero attached hydrogens (tertiary/aromatic N) is 1. The van der Waals surface area contributed by atoms with Gasteiger partial charge in [0.15, 0.2) is 6.54 Å². The molecule has 2 amide bonds. The Morgan fingerprint density at radius 1 is 1.28 bits per heavy atom. The zero-order chi connectivity index (χ0) is 20.4. The van der Waals surface area contributed by atoms with Crippen LogP contribution in [0.15, 0.2) is 24.3 Å². The Morgan fingerprint density at radius 2 is 2.07 bits per heavy atom. The third-order valence-corrected chi connectivity index (χ3v) is 6.93. The molecule has 0 saturated carbocycles. The van der Waals surface area contributed by atoms with Crippen molar-refractivity contribution in [3.63, 3.8) is 0 Å². The number of amides is 2. The first-order chi connectivity index (χ1) is 14.0. The molecule has 1 fully saturated rings. The SMILES string of the molecule is COc1cccc(N2CC[NH+](CC(=O)Nc3sc4c(c3C(N)=O)CCC4)CC2)c1. The number of thiophene rings is 1. The number of methoxy groups -OCH3 is 1. The summed E-state index contributed by atoms with van der Waals surface area (Å²) in [7, 11) is 1.67. The van der Waals surface area contributed by atoms with E-state index in [-0.39, 0.29) is 5.91 Å². The summed E-state index contributed by atoms with van der Waals surface area (Å²) in [6, 6.07) is 8.06. The molecule has 2 heterocycles. The Labute approximate surface area is 174 Å². The number of anilines is 2. The van der Waals surface area contributed by atoms with Crippen LogP contribution in [0, 0.1) is 0 Å². The predicted octanol–water partition coefficient (Wildman–Crippen LogP) is 0.688. The summed E-state index contributed by atoms with van der Waals surface area (Å²) in [6.45, 7) is 3.93. The molecule has 4 N–H and O–H groups in total. The van der Waals surface area contributed by atoms with Crippen LogP contribution in [0.5, 0.6) is 5.75 Å². The Balaban J connectivity index is 1.33. The summed E-state index contributed by atoms with van der Waals surface area (Å²) in [5.74, 6) is 0.348. The van der Waals surface area contributed by atoms with Crippen molar-refractivity contribution in [3.05, 3.63) is 40.3 Å². The fraction of sp³-hybridized carbons (Fsp3) is 0.429. The zero-order valence-corrected chi connectivity index (χ0v) is 17.4. The Hall–Kier alpha value is -2.58. The maximum atomic E-state index is 12.6. The maximum Gasteiger partial charge on any atom is 0.280 e. The minimum atomic E-state index is -0.445. The lowest BCUT2D eigenvalue weighted by Crippen LogP contribution is -3.15. The van der Waals surface area contributed by atoms with Crippen LogP contribution in [0.25, 0.3) is 0 Å². The lowest BCUT2D eigenvalue weighted by molar-refractivity contribution is -0.892. The van der Waals surface area contributed by atoms with Gasteiger partial charge in [-0.15, -0.1) is 11.3 Å². The molecule has 2 aliphatic rings. The number of hydrogen-bond donors (Lipinski definition) is 3. The summed E-state index contributed by atoms with van der Waals surface area (Å²) < 4.78 is 5.31. The number of carbonyl (C=O) groups is 2. The van der Waals surface area contributed by atoms with Crippen LogP contribution in [0.2, 0.25) is 0 Å². The number of ether oxygens (including phenoxy) is 1. The predicted molar refractivity (Wildman–Crippen MR) is 114 cm³/mol. The number of rotatable bonds is 6. The molecule has 2 aromatic rings. The van der Waals surface area contributed by atoms with E-state index in [2.05, 4.69) is 16.3 Å². The van der Waals surface area contributed by atoms with E-state index in [4.69, 9.17) is 10.5 Å². The number of fused-ring (bicyclic) bond motifs is 1. The topological polar surface area (TPSA) is 89.1 Å². The molecule has 4 rings (SSSR count). The highest BCUT2D eigenvalue weighted by molar-refractivity contribution is 7.17. The maximum absolute atomic E-state index is 12.6. The first-order valence-electron chi connectivity index (χ1n) is 10.0. The number of nitrogens with two attached hydrogens (primary N) is 1. The fourth-order valence-electron chi connectivity index (χ4n) is 4.22. The molecule has 0 bridgehead atoms. The molecule has 7 nitrogen and oxygen atoms in total. The number of piperazine rings is 1. The highest BCUT2D eigenvalue weighted by Gasteiger charge is 2.28. The summed E-state index contributed by atoms with van der Waals surface area (Å²) in [4.78, 5) is 29.2. The van der Waals surface area contributed by atoms with Crippen LogP contribution in [0.1, 0.15) is 27.2 Å². The molecule has 1 aromatic carbocycles. The van der Waals surface area contributed by atoms with Gasteiger partial charge in [0.1, 0.15) is 10.8 Å². The summed E-state index contributed by atoms with van der Waals surface area (Å²) in [6.07, 6.45) is 2.89. The van der Waals surface area contributed by atoms with Gasteiger partial charge < -0.3 is 25.6 Å². The Bertz CT molecular complexity index is 919. The average molecular weight is 416 g/mol. The van der Waals surface area contributed by atoms with Crippen LogP contribution in [-0.2, 0) is 17.6 Å². The van der Waals surface area contributed by atoms with E-state index >= 15 is 0 Å². The van der Waals surface area contributed by atoms with E-state index in [0.29, 0.717) is 17.1 Å². The molecule has 1 aliphatic carbocycles. The molecule has 154 valence electrons. The van der Waals surface area contributed by atoms with Gasteiger partial charge in [-0.1, -0.05) is 6.07 Å². The molecular weight excluding hydrogens is 388 g/mol. The minimum Gasteiger partial charge on any atom is -0.497 e. The third-order valence-electron chi connectivity index (χ3n) is 5.72. The summed E-state index contributed by atoms with van der Waals surface area (Å²) in [5.41, 5.74) is 8.29. The van der Waals surface area contributed by atoms with E-state index < -0.39 is 5.91 Å². The second-order valence-corrected chi connectivity index (χ2v) is 8.69. The lowest BCUT2D eigenvalue weighted by Gasteiger charge is -2.33. The van der Waals surface area contributed by atoms with Crippen molar-refractivity contribution >= 4 is 33.8 Å². The van der Waals surface area contributed by atoms with Gasteiger partial charge in [0.2, 0.25) is 0 Å². The quantitative estimate of drug-likeness (QED) is 0.648. The molecule has 1 aliphatic heterocycles. The molecule has 0 spiro atoms. The van der Waals surface area contributed by atoms with Gasteiger partial charge in [-0.25, -0.2) is 0 Å². The van der Waals surface area contributed by atoms with Crippen molar-refractivity contribution in [1.82, 2.24) is 0 Å². The molecule has 8 heteroatoms. The molecule has 1 aromatic heterocycles. The summed E-state index contributed by atoms with van der Waals surface area (Å²) >= 11 is 1.51. The molecule has 1 saturated heterocycles. The standard InChI is InChI=1S/C21H26N4O3S/c1-28-15-5-2-4-14(12-15)25-10-8-24(9-11-25)13-18(26)23-21-19(20(22)27)16-6-3-7-17(16)29-21/h2,4-5,12H,3,6-11,13H2,1H3,(H2,22,27)(H,23,26)/p+1. The van der Waals surface area contributed by atoms with E-state index in [1.54, 1.807) is 7.11 Å². The molecule has 0 unspecified atom stereocenters. The fourth-order valence-corrected chi connectivity index (χ4v) is 5.53. The number of quaternary nitrogens is 1. The van der Waals surface area contributed by atoms with Crippen LogP contribution in [0.3, 0.4) is 0 Å². The van der Waals surface area contributed by atoms with Gasteiger partial charge >= 0.3 is 0 Å². The van der Waals surface area contributed by atoms with Crippen molar-refractivity contribution < 1.29 is 19.2 Å². The van der Waals surface area contributed by atoms with E-state index in [0.717, 1.165) is 62.4 Å². The van der Waals surface area contributed by atoms with Gasteiger partial charge in [-0.2, -0.15) is 0 Å². The monoisotopic (exact) mass is 415 g/mol. The van der Waals surface area contributed by atoms with Crippen molar-refractivity contribution in [1.29, 1.82) is 0 Å². The summed E-state index contributed by atoms with van der Waals surface area (Å²) in [5, 5.41) is 3.58. The molecular formula is C21H27N4O3S+. The third kappa shape index (κ3) is 4.23. The number of primary amides is 1. The van der Waals surface area contributed by atoms with Gasteiger partial charge in [0.25, 0.3) is 11.8 Å². The van der Waals surface area contributed by atoms with Gasteiger partial charge in [0.05, 0.1) is 38.9 Å². The normalized spacial score (nSPS) is 16.5. The van der Waals surface area contributed by atoms with Crippen molar-refractivity contribution in [2.75, 3.05) is 50.1 Å². The van der Waals surface area contributed by atoms with E-state index in [1.165, 1.54) is 21.1 Å². The highest BCUT2D eigenvalue weighted by atomic mass is 32.1. The zero-order valence-electron chi connectivity index (χ0n) is 16.6. The molecule has 0 atom stereocenters. The number of carbonyl (C=O) groups excluding carboxylic acids is 2. The lowest BCUT2D eigenvalue weighted by atomic mass is 10.1. The van der Waals surface area contributed by atoms with Crippen molar-refractivity contribution in [2.45, 2.75) is 19.3 Å². The second kappa shape index (κ2) is 8.42. The minimum absolute atomic E-state index is 0.0581. The molecule has 0 radical (unpaired) electrons. The Kier molecular flexibility index (Phi) is 5.73. The number of benzene rings is 1. The van der Waals surface area contributed by atoms with Gasteiger partial charge in [-0.3, -0.25) is 9.59 Å². The van der Waals surface area contributed by atoms with Gasteiger partial charge in [0, 0.05) is 16.6 Å². The van der Waals surface area contributed by atoms with Gasteiger partial charge in [-0.05, 0) is 37.0 Å². The highest BCUT2D eigenvalue weighted by Crippen LogP contribution is 2.38. The van der Waals surface area contributed by atoms with Crippen LogP contribution >= 0.6 is 11.3 Å². The first-order valence-corrected chi connectivity index (χ1v) is 10.8. The van der Waals surface area contributed by atoms with E-state index in [9.17, 15) is 9.59 Å². The van der Waals surface area contributed by atoms with Crippen LogP contribution in [-0.4, -0.2) is 51.6 Å². The number of hydrogen-bond acceptors (Lipinski definition) is 5. The van der Waals surface area contributed by atoms with Crippen molar-refractivity contribution in [2.24, 2.45) is 5.73 Å². The second-order valence-electron chi connectivity index (χ2n) is 7.59. The van der Waals surface area contributed by atoms with Crippen LogP contribution < -0.4 is 25.6 Å². The van der Waals surface area contributed by atoms with Crippen molar-refractivity contribution in [3.8, 4) is 5.75 Å². The number of nitrogens with one attached hydrogen (secondary N) is 2. The first kappa shape index (κ1) is 19.7.